The predicted octanol–water partition coefficient (Wildman–Crippen LogP) is 2.44. The Kier molecular flexibility index (Phi) is 6.22. The number of rotatable bonds is 7. The Morgan fingerprint density at radius 2 is 2.18 bits per heavy atom. The number of benzene rings is 1. The number of hydrogen-bond donors (Lipinski definition) is 1. The monoisotopic (exact) mass is 256 g/mol. The molecular formula is C13H17FO2S. The van der Waals surface area contributed by atoms with Gasteiger partial charge < -0.3 is 5.11 Å². The van der Waals surface area contributed by atoms with Crippen LogP contribution in [0.15, 0.2) is 24.3 Å². The smallest absolute Gasteiger partial charge is 0.147 e. The lowest BCUT2D eigenvalue weighted by atomic mass is 10.1. The molecule has 2 nitrogen and oxygen atoms in total. The van der Waals surface area contributed by atoms with Gasteiger partial charge in [-0.1, -0.05) is 25.1 Å². The third kappa shape index (κ3) is 5.33. The number of carbonyl (C=O) groups is 1. The molecule has 1 aromatic carbocycles. The van der Waals surface area contributed by atoms with Gasteiger partial charge in [0, 0.05) is 18.3 Å². The maximum absolute atomic E-state index is 13.3. The summed E-state index contributed by atoms with van der Waals surface area (Å²) in [5, 5.41) is 8.98. The number of carbonyl (C=O) groups excluding carboxylic acids is 1. The number of thioether (sulfide) groups is 1. The van der Waals surface area contributed by atoms with E-state index in [1.807, 2.05) is 6.92 Å². The van der Waals surface area contributed by atoms with Gasteiger partial charge >= 0.3 is 0 Å². The zero-order chi connectivity index (χ0) is 12.7. The van der Waals surface area contributed by atoms with Gasteiger partial charge in [0.15, 0.2) is 0 Å². The highest BCUT2D eigenvalue weighted by Crippen LogP contribution is 2.15. The third-order valence-electron chi connectivity index (χ3n) is 2.41. The topological polar surface area (TPSA) is 37.3 Å². The van der Waals surface area contributed by atoms with E-state index in [2.05, 4.69) is 0 Å². The summed E-state index contributed by atoms with van der Waals surface area (Å²) in [5.74, 6) is 0.0642. The van der Waals surface area contributed by atoms with Gasteiger partial charge in [0.2, 0.25) is 0 Å². The van der Waals surface area contributed by atoms with Crippen LogP contribution in [-0.4, -0.2) is 28.5 Å². The van der Waals surface area contributed by atoms with Crippen molar-refractivity contribution in [1.82, 2.24) is 0 Å². The minimum absolute atomic E-state index is 0.0184. The van der Waals surface area contributed by atoms with Crippen LogP contribution < -0.4 is 0 Å². The fraction of sp³-hybridized carbons (Fsp3) is 0.462. The second-order valence-electron chi connectivity index (χ2n) is 3.94. The fourth-order valence-corrected chi connectivity index (χ4v) is 2.25. The summed E-state index contributed by atoms with van der Waals surface area (Å²) in [6.07, 6.45) is 0.823. The van der Waals surface area contributed by atoms with E-state index in [9.17, 15) is 9.18 Å². The van der Waals surface area contributed by atoms with Crippen LogP contribution in [0.1, 0.15) is 18.9 Å². The van der Waals surface area contributed by atoms with Crippen LogP contribution in [0.5, 0.6) is 0 Å². The Balaban J connectivity index is 2.37. The molecule has 1 unspecified atom stereocenters. The van der Waals surface area contributed by atoms with Crippen LogP contribution >= 0.6 is 11.8 Å². The van der Waals surface area contributed by atoms with Gasteiger partial charge in [-0.15, -0.1) is 0 Å². The summed E-state index contributed by atoms with van der Waals surface area (Å²) in [5.41, 5.74) is 0.452. The first-order valence-corrected chi connectivity index (χ1v) is 6.66. The number of halogens is 1. The molecule has 0 aromatic heterocycles. The summed E-state index contributed by atoms with van der Waals surface area (Å²) in [6, 6.07) is 6.34. The van der Waals surface area contributed by atoms with Gasteiger partial charge in [-0.3, -0.25) is 4.79 Å². The van der Waals surface area contributed by atoms with Crippen molar-refractivity contribution in [1.29, 1.82) is 0 Å². The molecule has 0 saturated heterocycles. The van der Waals surface area contributed by atoms with Gasteiger partial charge in [0.1, 0.15) is 11.6 Å². The van der Waals surface area contributed by atoms with Crippen molar-refractivity contribution in [3.63, 3.8) is 0 Å². The minimum atomic E-state index is -0.325. The number of aliphatic hydroxyl groups excluding tert-OH is 1. The molecule has 0 bridgehead atoms. The Morgan fingerprint density at radius 1 is 1.47 bits per heavy atom. The minimum Gasteiger partial charge on any atom is -0.396 e. The van der Waals surface area contributed by atoms with Gasteiger partial charge in [0.05, 0.1) is 5.75 Å². The molecule has 0 fully saturated rings. The number of ketones is 1. The summed E-state index contributed by atoms with van der Waals surface area (Å²) < 4.78 is 13.3. The number of aliphatic hydroxyl groups is 1. The average Bonchev–Trinajstić information content (AvgIpc) is 2.30. The fourth-order valence-electron chi connectivity index (χ4n) is 1.41. The molecule has 0 aliphatic carbocycles. The lowest BCUT2D eigenvalue weighted by molar-refractivity contribution is -0.116. The first kappa shape index (κ1) is 14.2. The molecular weight excluding hydrogens is 239 g/mol. The lowest BCUT2D eigenvalue weighted by Crippen LogP contribution is -2.10. The molecule has 94 valence electrons. The van der Waals surface area contributed by atoms with Gasteiger partial charge in [-0.25, -0.2) is 4.39 Å². The van der Waals surface area contributed by atoms with E-state index in [-0.39, 0.29) is 29.9 Å². The van der Waals surface area contributed by atoms with E-state index in [4.69, 9.17) is 5.11 Å². The average molecular weight is 256 g/mol. The van der Waals surface area contributed by atoms with Crippen LogP contribution in [0, 0.1) is 5.82 Å². The summed E-state index contributed by atoms with van der Waals surface area (Å²) in [4.78, 5) is 11.6. The lowest BCUT2D eigenvalue weighted by Gasteiger charge is -2.08. The normalized spacial score (nSPS) is 12.4. The highest BCUT2D eigenvalue weighted by molar-refractivity contribution is 8.00. The van der Waals surface area contributed by atoms with Crippen molar-refractivity contribution in [2.45, 2.75) is 25.0 Å². The van der Waals surface area contributed by atoms with Crippen LogP contribution in [0.3, 0.4) is 0 Å². The second-order valence-corrected chi connectivity index (χ2v) is 5.37. The highest BCUT2D eigenvalue weighted by atomic mass is 32.2. The van der Waals surface area contributed by atoms with Crippen LogP contribution in [-0.2, 0) is 11.2 Å². The van der Waals surface area contributed by atoms with Crippen LogP contribution in [0.25, 0.3) is 0 Å². The van der Waals surface area contributed by atoms with E-state index < -0.39 is 0 Å². The second kappa shape index (κ2) is 7.45. The SMILES string of the molecule is CC(CCO)SCC(=O)Cc1ccccc1F. The van der Waals surface area contributed by atoms with Crippen molar-refractivity contribution < 1.29 is 14.3 Å². The molecule has 1 rings (SSSR count). The summed E-state index contributed by atoms with van der Waals surface area (Å²) >= 11 is 1.50. The predicted molar refractivity (Wildman–Crippen MR) is 68.7 cm³/mol. The molecule has 0 aliphatic rings. The number of Topliss-reactive ketones (excluding diaryl/α,β-unsaturated/α-hetero) is 1. The van der Waals surface area contributed by atoms with Crippen molar-refractivity contribution in [2.75, 3.05) is 12.4 Å². The Morgan fingerprint density at radius 3 is 2.82 bits per heavy atom. The van der Waals surface area contributed by atoms with Crippen molar-refractivity contribution in [2.24, 2.45) is 0 Å². The summed E-state index contributed by atoms with van der Waals surface area (Å²) in [6.45, 7) is 2.10. The van der Waals surface area contributed by atoms with Gasteiger partial charge in [-0.2, -0.15) is 11.8 Å². The highest BCUT2D eigenvalue weighted by Gasteiger charge is 2.10. The maximum Gasteiger partial charge on any atom is 0.147 e. The number of hydrogen-bond acceptors (Lipinski definition) is 3. The molecule has 0 amide bonds. The molecule has 1 N–H and O–H groups in total. The van der Waals surface area contributed by atoms with E-state index >= 15 is 0 Å². The van der Waals surface area contributed by atoms with Crippen molar-refractivity contribution in [3.05, 3.63) is 35.6 Å². The van der Waals surface area contributed by atoms with Gasteiger partial charge in [0.25, 0.3) is 0 Å². The van der Waals surface area contributed by atoms with Crippen LogP contribution in [0.4, 0.5) is 4.39 Å². The van der Waals surface area contributed by atoms with Gasteiger partial charge in [-0.05, 0) is 18.1 Å². The molecule has 17 heavy (non-hydrogen) atoms. The third-order valence-corrected chi connectivity index (χ3v) is 3.70. The summed E-state index contributed by atoms with van der Waals surface area (Å²) in [7, 11) is 0. The molecule has 0 spiro atoms. The molecule has 0 heterocycles. The quantitative estimate of drug-likeness (QED) is 0.814. The first-order valence-electron chi connectivity index (χ1n) is 5.61. The Bertz CT molecular complexity index is 368. The van der Waals surface area contributed by atoms with E-state index in [1.54, 1.807) is 18.2 Å². The van der Waals surface area contributed by atoms with Crippen molar-refractivity contribution in [3.8, 4) is 0 Å². The zero-order valence-corrected chi connectivity index (χ0v) is 10.7. The Labute approximate surface area is 105 Å². The van der Waals surface area contributed by atoms with E-state index in [0.29, 0.717) is 17.7 Å². The van der Waals surface area contributed by atoms with E-state index in [0.717, 1.165) is 0 Å². The standard InChI is InChI=1S/C13H17FO2S/c1-10(6-7-15)17-9-12(16)8-11-4-2-3-5-13(11)14/h2-5,10,15H,6-9H2,1H3. The Hall–Kier alpha value is -0.870. The van der Waals surface area contributed by atoms with Crippen LogP contribution in [0.2, 0.25) is 0 Å². The molecule has 4 heteroatoms. The zero-order valence-electron chi connectivity index (χ0n) is 9.86. The molecule has 1 aromatic rings. The van der Waals surface area contributed by atoms with E-state index in [1.165, 1.54) is 17.8 Å². The first-order chi connectivity index (χ1) is 8.13. The molecule has 0 saturated carbocycles. The maximum atomic E-state index is 13.3. The largest absolute Gasteiger partial charge is 0.396 e. The molecule has 0 radical (unpaired) electrons. The molecule has 1 atom stereocenters. The molecule has 0 aliphatic heterocycles. The van der Waals surface area contributed by atoms with Crippen molar-refractivity contribution >= 4 is 17.5 Å².